The molecule has 0 saturated heterocycles. The van der Waals surface area contributed by atoms with Gasteiger partial charge in [-0.1, -0.05) is 11.6 Å². The zero-order valence-electron chi connectivity index (χ0n) is 6.46. The summed E-state index contributed by atoms with van der Waals surface area (Å²) in [7, 11) is 0. The SMILES string of the molecule is N#C[C@@H](N)c1cc(F)cc(Cl)c1O. The molecule has 1 aromatic rings. The molecule has 0 aliphatic rings. The Morgan fingerprint density at radius 1 is 1.62 bits per heavy atom. The number of nitrogens with two attached hydrogens (primary N) is 1. The number of nitriles is 1. The Morgan fingerprint density at radius 2 is 2.23 bits per heavy atom. The maximum atomic E-state index is 12.7. The average molecular weight is 201 g/mol. The van der Waals surface area contributed by atoms with Crippen LogP contribution in [0.2, 0.25) is 5.02 Å². The predicted molar refractivity (Wildman–Crippen MR) is 45.6 cm³/mol. The van der Waals surface area contributed by atoms with E-state index in [0.29, 0.717) is 0 Å². The topological polar surface area (TPSA) is 70.0 Å². The van der Waals surface area contributed by atoms with E-state index in [9.17, 15) is 9.50 Å². The first kappa shape index (κ1) is 9.78. The maximum absolute atomic E-state index is 12.7. The summed E-state index contributed by atoms with van der Waals surface area (Å²) in [4.78, 5) is 0. The molecule has 0 fully saturated rings. The molecule has 3 nitrogen and oxygen atoms in total. The second kappa shape index (κ2) is 3.60. The van der Waals surface area contributed by atoms with Crippen LogP contribution in [0.15, 0.2) is 12.1 Å². The molecule has 0 heterocycles. The largest absolute Gasteiger partial charge is 0.506 e. The van der Waals surface area contributed by atoms with Crippen molar-refractivity contribution in [3.05, 3.63) is 28.5 Å². The van der Waals surface area contributed by atoms with Crippen molar-refractivity contribution < 1.29 is 9.50 Å². The molecule has 0 aliphatic heterocycles. The van der Waals surface area contributed by atoms with E-state index in [1.54, 1.807) is 6.07 Å². The molecule has 0 unspecified atom stereocenters. The zero-order valence-corrected chi connectivity index (χ0v) is 7.22. The second-order valence-electron chi connectivity index (χ2n) is 2.43. The van der Waals surface area contributed by atoms with E-state index in [4.69, 9.17) is 22.6 Å². The van der Waals surface area contributed by atoms with E-state index in [1.165, 1.54) is 0 Å². The van der Waals surface area contributed by atoms with Crippen molar-refractivity contribution in [1.82, 2.24) is 0 Å². The van der Waals surface area contributed by atoms with Gasteiger partial charge in [0, 0.05) is 5.56 Å². The van der Waals surface area contributed by atoms with Crippen LogP contribution < -0.4 is 5.73 Å². The molecule has 0 aromatic heterocycles. The molecule has 1 aromatic carbocycles. The molecular formula is C8H6ClFN2O. The maximum Gasteiger partial charge on any atom is 0.140 e. The summed E-state index contributed by atoms with van der Waals surface area (Å²) in [5.74, 6) is -0.986. The molecule has 0 saturated carbocycles. The normalized spacial score (nSPS) is 12.2. The van der Waals surface area contributed by atoms with E-state index < -0.39 is 11.9 Å². The number of hydrogen-bond donors (Lipinski definition) is 2. The van der Waals surface area contributed by atoms with Gasteiger partial charge in [0.1, 0.15) is 17.6 Å². The summed E-state index contributed by atoms with van der Waals surface area (Å²) >= 11 is 5.47. The third-order valence-electron chi connectivity index (χ3n) is 1.53. The van der Waals surface area contributed by atoms with Gasteiger partial charge in [0.25, 0.3) is 0 Å². The van der Waals surface area contributed by atoms with Crippen LogP contribution in [0.3, 0.4) is 0 Å². The van der Waals surface area contributed by atoms with Crippen molar-refractivity contribution >= 4 is 11.6 Å². The molecule has 68 valence electrons. The van der Waals surface area contributed by atoms with E-state index in [-0.39, 0.29) is 16.3 Å². The highest BCUT2D eigenvalue weighted by molar-refractivity contribution is 6.32. The average Bonchev–Trinajstić information content (AvgIpc) is 2.10. The van der Waals surface area contributed by atoms with E-state index >= 15 is 0 Å². The summed E-state index contributed by atoms with van der Waals surface area (Å²) in [6, 6.07) is 2.52. The minimum atomic E-state index is -1.08. The molecule has 1 atom stereocenters. The first-order valence-electron chi connectivity index (χ1n) is 3.39. The van der Waals surface area contributed by atoms with Crippen LogP contribution in [0.1, 0.15) is 11.6 Å². The lowest BCUT2D eigenvalue weighted by atomic mass is 10.1. The molecule has 0 bridgehead atoms. The fraction of sp³-hybridized carbons (Fsp3) is 0.125. The monoisotopic (exact) mass is 200 g/mol. The van der Waals surface area contributed by atoms with E-state index in [2.05, 4.69) is 0 Å². The minimum Gasteiger partial charge on any atom is -0.506 e. The molecule has 0 amide bonds. The number of phenols is 1. The summed E-state index contributed by atoms with van der Waals surface area (Å²) < 4.78 is 12.7. The molecular weight excluding hydrogens is 195 g/mol. The Kier molecular flexibility index (Phi) is 2.71. The molecule has 1 rings (SSSR count). The Balaban J connectivity index is 3.30. The van der Waals surface area contributed by atoms with Crippen molar-refractivity contribution in [2.24, 2.45) is 5.73 Å². The van der Waals surface area contributed by atoms with Gasteiger partial charge in [-0.05, 0) is 12.1 Å². The van der Waals surface area contributed by atoms with Gasteiger partial charge in [-0.3, -0.25) is 0 Å². The second-order valence-corrected chi connectivity index (χ2v) is 2.84. The van der Waals surface area contributed by atoms with E-state index in [1.807, 2.05) is 0 Å². The van der Waals surface area contributed by atoms with Crippen molar-refractivity contribution in [2.75, 3.05) is 0 Å². The van der Waals surface area contributed by atoms with Gasteiger partial charge in [0.15, 0.2) is 0 Å². The lowest BCUT2D eigenvalue weighted by Crippen LogP contribution is -2.07. The Bertz CT molecular complexity index is 375. The van der Waals surface area contributed by atoms with Gasteiger partial charge >= 0.3 is 0 Å². The fourth-order valence-corrected chi connectivity index (χ4v) is 1.11. The highest BCUT2D eigenvalue weighted by Crippen LogP contribution is 2.31. The van der Waals surface area contributed by atoms with E-state index in [0.717, 1.165) is 12.1 Å². The quantitative estimate of drug-likeness (QED) is 0.725. The van der Waals surface area contributed by atoms with Crippen LogP contribution in [0, 0.1) is 17.1 Å². The Hall–Kier alpha value is -1.31. The van der Waals surface area contributed by atoms with Crippen LogP contribution in [-0.4, -0.2) is 5.11 Å². The number of rotatable bonds is 1. The number of phenolic OH excluding ortho intramolecular Hbond substituents is 1. The third-order valence-corrected chi connectivity index (χ3v) is 1.82. The number of benzene rings is 1. The van der Waals surface area contributed by atoms with Gasteiger partial charge < -0.3 is 10.8 Å². The van der Waals surface area contributed by atoms with Gasteiger partial charge in [0.2, 0.25) is 0 Å². The lowest BCUT2D eigenvalue weighted by molar-refractivity contribution is 0.464. The van der Waals surface area contributed by atoms with Crippen molar-refractivity contribution in [3.8, 4) is 11.8 Å². The van der Waals surface area contributed by atoms with Gasteiger partial charge in [-0.2, -0.15) is 5.26 Å². The lowest BCUT2D eigenvalue weighted by Gasteiger charge is -2.07. The van der Waals surface area contributed by atoms with Gasteiger partial charge in [-0.15, -0.1) is 0 Å². The van der Waals surface area contributed by atoms with Crippen LogP contribution >= 0.6 is 11.6 Å². The molecule has 3 N–H and O–H groups in total. The number of nitrogens with zero attached hydrogens (tertiary/aromatic N) is 1. The fourth-order valence-electron chi connectivity index (χ4n) is 0.893. The first-order chi connectivity index (χ1) is 6.06. The summed E-state index contributed by atoms with van der Waals surface area (Å²) in [5.41, 5.74) is 5.28. The standard InChI is InChI=1S/C8H6ClFN2O/c9-6-2-4(10)1-5(8(6)13)7(12)3-11/h1-2,7,13H,12H2/t7-/m1/s1. The van der Waals surface area contributed by atoms with Crippen LogP contribution in [0.5, 0.6) is 5.75 Å². The molecule has 5 heteroatoms. The molecule has 0 aliphatic carbocycles. The number of halogens is 2. The summed E-state index contributed by atoms with van der Waals surface area (Å²) in [6.07, 6.45) is 0. The molecule has 0 spiro atoms. The molecule has 0 radical (unpaired) electrons. The summed E-state index contributed by atoms with van der Waals surface area (Å²) in [5, 5.41) is 17.6. The Labute approximate surface area is 79.2 Å². The molecule has 13 heavy (non-hydrogen) atoms. The minimum absolute atomic E-state index is 0.00694. The smallest absolute Gasteiger partial charge is 0.140 e. The van der Waals surface area contributed by atoms with Gasteiger partial charge in [-0.25, -0.2) is 4.39 Å². The number of aromatic hydroxyl groups is 1. The van der Waals surface area contributed by atoms with Crippen LogP contribution in [0.4, 0.5) is 4.39 Å². The van der Waals surface area contributed by atoms with Crippen LogP contribution in [0.25, 0.3) is 0 Å². The van der Waals surface area contributed by atoms with Gasteiger partial charge in [0.05, 0.1) is 11.1 Å². The van der Waals surface area contributed by atoms with Crippen LogP contribution in [-0.2, 0) is 0 Å². The van der Waals surface area contributed by atoms with Crippen molar-refractivity contribution in [3.63, 3.8) is 0 Å². The Morgan fingerprint density at radius 3 is 2.77 bits per heavy atom. The number of hydrogen-bond acceptors (Lipinski definition) is 3. The summed E-state index contributed by atoms with van der Waals surface area (Å²) in [6.45, 7) is 0. The zero-order chi connectivity index (χ0) is 10.0. The van der Waals surface area contributed by atoms with Crippen molar-refractivity contribution in [1.29, 1.82) is 5.26 Å². The highest BCUT2D eigenvalue weighted by atomic mass is 35.5. The first-order valence-corrected chi connectivity index (χ1v) is 3.77. The highest BCUT2D eigenvalue weighted by Gasteiger charge is 2.14. The third kappa shape index (κ3) is 1.89. The van der Waals surface area contributed by atoms with Crippen molar-refractivity contribution in [2.45, 2.75) is 6.04 Å². The predicted octanol–water partition coefficient (Wildman–Crippen LogP) is 1.71.